The number of carbonyl (C=O) groups excluding carboxylic acids is 1. The van der Waals surface area contributed by atoms with E-state index in [1.54, 1.807) is 0 Å². The quantitative estimate of drug-likeness (QED) is 0.754. The first kappa shape index (κ1) is 13.8. The zero-order valence-corrected chi connectivity index (χ0v) is 13.3. The molecule has 5 aliphatic rings. The lowest BCUT2D eigenvalue weighted by Gasteiger charge is -2.63. The molecule has 3 heteroatoms. The highest BCUT2D eigenvalue weighted by Crippen LogP contribution is 2.62. The van der Waals surface area contributed by atoms with Crippen LogP contribution in [0.3, 0.4) is 0 Å². The van der Waals surface area contributed by atoms with Crippen molar-refractivity contribution >= 4 is 5.91 Å². The van der Waals surface area contributed by atoms with Gasteiger partial charge < -0.3 is 10.0 Å². The molecule has 5 rings (SSSR count). The fourth-order valence-corrected chi connectivity index (χ4v) is 5.83. The van der Waals surface area contributed by atoms with E-state index in [2.05, 4.69) is 32.9 Å². The number of fused-ring (bicyclic) bond motifs is 3. The SMILES string of the molecule is C[C@H]1[C@H](N2C(=O)[C@@H]3CC=CCC3C2O)C[C@@H]2C[C@H]1C2(C)C. The highest BCUT2D eigenvalue weighted by atomic mass is 16.3. The van der Waals surface area contributed by atoms with E-state index in [4.69, 9.17) is 0 Å². The maximum atomic E-state index is 12.8. The maximum Gasteiger partial charge on any atom is 0.228 e. The molecular formula is C18H27NO2. The molecule has 0 spiro atoms. The number of nitrogens with zero attached hydrogens (tertiary/aromatic N) is 1. The Hall–Kier alpha value is -0.830. The third-order valence-electron chi connectivity index (χ3n) is 7.39. The summed E-state index contributed by atoms with van der Waals surface area (Å²) in [6, 6.07) is 0.259. The Morgan fingerprint density at radius 2 is 1.95 bits per heavy atom. The van der Waals surface area contributed by atoms with Gasteiger partial charge in [0.25, 0.3) is 0 Å². The van der Waals surface area contributed by atoms with Gasteiger partial charge in [-0.3, -0.25) is 4.79 Å². The minimum Gasteiger partial charge on any atom is -0.373 e. The van der Waals surface area contributed by atoms with Gasteiger partial charge in [0.1, 0.15) is 6.23 Å². The minimum absolute atomic E-state index is 0.0310. The first-order valence-electron chi connectivity index (χ1n) is 8.58. The Balaban J connectivity index is 1.59. The van der Waals surface area contributed by atoms with Crippen LogP contribution in [0.2, 0.25) is 0 Å². The molecule has 3 nitrogen and oxygen atoms in total. The van der Waals surface area contributed by atoms with E-state index in [-0.39, 0.29) is 23.8 Å². The molecule has 1 N–H and O–H groups in total. The molecule has 1 amide bonds. The van der Waals surface area contributed by atoms with Crippen LogP contribution in [0.4, 0.5) is 0 Å². The summed E-state index contributed by atoms with van der Waals surface area (Å²) >= 11 is 0. The molecule has 0 aromatic rings. The lowest BCUT2D eigenvalue weighted by atomic mass is 9.44. The average Bonchev–Trinajstić information content (AvgIpc) is 2.71. The molecule has 0 radical (unpaired) electrons. The second-order valence-electron chi connectivity index (χ2n) is 8.39. The number of rotatable bonds is 1. The van der Waals surface area contributed by atoms with E-state index in [1.807, 2.05) is 4.90 Å². The highest BCUT2D eigenvalue weighted by molar-refractivity contribution is 5.82. The summed E-state index contributed by atoms with van der Waals surface area (Å²) < 4.78 is 0. The normalized spacial score (nSPS) is 50.8. The maximum absolute atomic E-state index is 12.8. The number of aliphatic hydroxyl groups excluding tert-OH is 1. The van der Waals surface area contributed by atoms with Crippen molar-refractivity contribution in [1.82, 2.24) is 4.90 Å². The van der Waals surface area contributed by atoms with Gasteiger partial charge in [-0.25, -0.2) is 0 Å². The molecule has 1 heterocycles. The zero-order valence-electron chi connectivity index (χ0n) is 13.3. The highest BCUT2D eigenvalue weighted by Gasteiger charge is 2.60. The summed E-state index contributed by atoms with van der Waals surface area (Å²) in [4.78, 5) is 14.7. The molecule has 4 aliphatic carbocycles. The fraction of sp³-hybridized carbons (Fsp3) is 0.833. The first-order chi connectivity index (χ1) is 9.93. The molecule has 116 valence electrons. The van der Waals surface area contributed by atoms with E-state index in [0.29, 0.717) is 17.3 Å². The fourth-order valence-electron chi connectivity index (χ4n) is 5.83. The molecule has 3 saturated carbocycles. The number of hydrogen-bond acceptors (Lipinski definition) is 2. The molecule has 0 aromatic heterocycles. The second kappa shape index (κ2) is 4.34. The van der Waals surface area contributed by atoms with E-state index >= 15 is 0 Å². The predicted molar refractivity (Wildman–Crippen MR) is 81.2 cm³/mol. The molecular weight excluding hydrogens is 262 g/mol. The Morgan fingerprint density at radius 1 is 1.24 bits per heavy atom. The molecule has 0 aromatic carbocycles. The van der Waals surface area contributed by atoms with Crippen LogP contribution in [-0.4, -0.2) is 28.2 Å². The van der Waals surface area contributed by atoms with Gasteiger partial charge in [0.05, 0.1) is 0 Å². The second-order valence-corrected chi connectivity index (χ2v) is 8.39. The standard InChI is InChI=1S/C18H27NO2/c1-10-14-8-11(18(14,2)3)9-15(10)19-16(20)12-6-4-5-7-13(12)17(19)21/h4-5,10-16,20H,6-9H2,1-3H3/t10-,11+,12?,13-,14-,15-,16?/m1/s1. The molecule has 1 aliphatic heterocycles. The van der Waals surface area contributed by atoms with Gasteiger partial charge in [0.2, 0.25) is 5.91 Å². The first-order valence-corrected chi connectivity index (χ1v) is 8.58. The van der Waals surface area contributed by atoms with E-state index in [1.165, 1.54) is 6.42 Å². The Kier molecular flexibility index (Phi) is 2.86. The third kappa shape index (κ3) is 1.67. The van der Waals surface area contributed by atoms with Crippen molar-refractivity contribution in [3.8, 4) is 0 Å². The van der Waals surface area contributed by atoms with Gasteiger partial charge in [-0.05, 0) is 48.9 Å². The Bertz CT molecular complexity index is 497. The smallest absolute Gasteiger partial charge is 0.228 e. The van der Waals surface area contributed by atoms with Gasteiger partial charge in [0, 0.05) is 17.9 Å². The van der Waals surface area contributed by atoms with Crippen LogP contribution in [0.15, 0.2) is 12.2 Å². The molecule has 1 saturated heterocycles. The van der Waals surface area contributed by atoms with Crippen LogP contribution in [0.1, 0.15) is 46.5 Å². The largest absolute Gasteiger partial charge is 0.373 e. The number of amides is 1. The van der Waals surface area contributed by atoms with Gasteiger partial charge in [-0.2, -0.15) is 0 Å². The van der Waals surface area contributed by atoms with Crippen molar-refractivity contribution in [3.63, 3.8) is 0 Å². The molecule has 4 fully saturated rings. The van der Waals surface area contributed by atoms with Crippen LogP contribution in [0.5, 0.6) is 0 Å². The van der Waals surface area contributed by atoms with E-state index in [9.17, 15) is 9.90 Å². The third-order valence-corrected chi connectivity index (χ3v) is 7.39. The minimum atomic E-state index is -0.555. The number of aliphatic hydroxyl groups is 1. The van der Waals surface area contributed by atoms with Crippen LogP contribution < -0.4 is 0 Å². The van der Waals surface area contributed by atoms with Crippen molar-refractivity contribution in [2.24, 2.45) is 35.0 Å². The van der Waals surface area contributed by atoms with Crippen molar-refractivity contribution < 1.29 is 9.90 Å². The zero-order chi connectivity index (χ0) is 14.9. The van der Waals surface area contributed by atoms with E-state index < -0.39 is 6.23 Å². The lowest BCUT2D eigenvalue weighted by Crippen LogP contribution is -2.62. The number of carbonyl (C=O) groups is 1. The summed E-state index contributed by atoms with van der Waals surface area (Å²) in [6.45, 7) is 7.06. The molecule has 2 unspecified atom stereocenters. The topological polar surface area (TPSA) is 40.5 Å². The molecule has 7 atom stereocenters. The van der Waals surface area contributed by atoms with Crippen LogP contribution in [0.25, 0.3) is 0 Å². The van der Waals surface area contributed by atoms with Crippen molar-refractivity contribution in [1.29, 1.82) is 0 Å². The summed E-state index contributed by atoms with van der Waals surface area (Å²) in [5, 5.41) is 10.7. The van der Waals surface area contributed by atoms with Crippen LogP contribution in [0, 0.1) is 35.0 Å². The van der Waals surface area contributed by atoms with Crippen molar-refractivity contribution in [3.05, 3.63) is 12.2 Å². The van der Waals surface area contributed by atoms with Gasteiger partial charge in [0.15, 0.2) is 0 Å². The monoisotopic (exact) mass is 289 g/mol. The van der Waals surface area contributed by atoms with Crippen molar-refractivity contribution in [2.75, 3.05) is 0 Å². The average molecular weight is 289 g/mol. The summed E-state index contributed by atoms with van der Waals surface area (Å²) in [6.07, 6.45) is 7.76. The molecule has 21 heavy (non-hydrogen) atoms. The van der Waals surface area contributed by atoms with Gasteiger partial charge in [-0.1, -0.05) is 32.9 Å². The number of allylic oxidation sites excluding steroid dienone is 2. The predicted octanol–water partition coefficient (Wildman–Crippen LogP) is 2.80. The van der Waals surface area contributed by atoms with Crippen LogP contribution >= 0.6 is 0 Å². The Morgan fingerprint density at radius 3 is 2.57 bits per heavy atom. The summed E-state index contributed by atoms with van der Waals surface area (Å²) in [7, 11) is 0. The molecule has 2 bridgehead atoms. The Labute approximate surface area is 127 Å². The number of hydrogen-bond donors (Lipinski definition) is 1. The van der Waals surface area contributed by atoms with Crippen molar-refractivity contribution in [2.45, 2.75) is 58.7 Å². The van der Waals surface area contributed by atoms with Gasteiger partial charge in [-0.15, -0.1) is 0 Å². The lowest BCUT2D eigenvalue weighted by molar-refractivity contribution is -0.171. The van der Waals surface area contributed by atoms with E-state index in [0.717, 1.165) is 25.2 Å². The van der Waals surface area contributed by atoms with Crippen LogP contribution in [-0.2, 0) is 4.79 Å². The van der Waals surface area contributed by atoms with Gasteiger partial charge >= 0.3 is 0 Å². The number of likely N-dealkylation sites (tertiary alicyclic amines) is 1. The summed E-state index contributed by atoms with van der Waals surface area (Å²) in [5.41, 5.74) is 0.429. The summed E-state index contributed by atoms with van der Waals surface area (Å²) in [5.74, 6) is 2.32.